The first-order valence-corrected chi connectivity index (χ1v) is 4.38. The molecule has 0 bridgehead atoms. The molecule has 0 aliphatic heterocycles. The van der Waals surface area contributed by atoms with Crippen LogP contribution in [0.4, 0.5) is 18.9 Å². The van der Waals surface area contributed by atoms with Gasteiger partial charge in [0.05, 0.1) is 11.3 Å². The molecule has 0 saturated heterocycles. The van der Waals surface area contributed by atoms with E-state index in [9.17, 15) is 13.2 Å². The van der Waals surface area contributed by atoms with E-state index in [-0.39, 0.29) is 11.3 Å². The summed E-state index contributed by atoms with van der Waals surface area (Å²) in [6.07, 6.45) is -4.82. The Bertz CT molecular complexity index is 425. The van der Waals surface area contributed by atoms with Crippen molar-refractivity contribution < 1.29 is 17.9 Å². The third kappa shape index (κ3) is 2.76. The second-order valence-electron chi connectivity index (χ2n) is 2.49. The Hall–Kier alpha value is -1.42. The predicted molar refractivity (Wildman–Crippen MR) is 50.0 cm³/mol. The largest absolute Gasteiger partial charge is 0.573 e. The molecule has 1 rings (SSSR count). The fourth-order valence-corrected chi connectivity index (χ4v) is 1.34. The summed E-state index contributed by atoms with van der Waals surface area (Å²) >= 11 is 2.98. The number of ether oxygens (including phenoxy) is 1. The van der Waals surface area contributed by atoms with Crippen LogP contribution in [0.2, 0.25) is 0 Å². The van der Waals surface area contributed by atoms with E-state index in [4.69, 9.17) is 11.0 Å². The number of hydrogen-bond donors (Lipinski definition) is 1. The summed E-state index contributed by atoms with van der Waals surface area (Å²) in [5.41, 5.74) is 4.89. The van der Waals surface area contributed by atoms with Crippen molar-refractivity contribution in [2.45, 2.75) is 6.36 Å². The number of alkyl halides is 3. The number of anilines is 1. The molecule has 0 amide bonds. The van der Waals surface area contributed by atoms with Gasteiger partial charge in [-0.3, -0.25) is 0 Å². The van der Waals surface area contributed by atoms with Crippen molar-refractivity contribution in [3.05, 3.63) is 22.2 Å². The van der Waals surface area contributed by atoms with Crippen LogP contribution in [0.1, 0.15) is 5.56 Å². The fourth-order valence-electron chi connectivity index (χ4n) is 0.901. The van der Waals surface area contributed by atoms with Gasteiger partial charge in [0, 0.05) is 4.47 Å². The van der Waals surface area contributed by atoms with E-state index < -0.39 is 12.1 Å². The molecule has 3 nitrogen and oxygen atoms in total. The first-order chi connectivity index (χ1) is 6.85. The number of nitrogen functional groups attached to an aromatic ring is 1. The molecule has 0 fully saturated rings. The van der Waals surface area contributed by atoms with Gasteiger partial charge in [0.25, 0.3) is 0 Å². The maximum atomic E-state index is 11.9. The van der Waals surface area contributed by atoms with Gasteiger partial charge in [-0.25, -0.2) is 0 Å². The van der Waals surface area contributed by atoms with Crippen molar-refractivity contribution >= 4 is 21.6 Å². The monoisotopic (exact) mass is 280 g/mol. The topological polar surface area (TPSA) is 59.0 Å². The summed E-state index contributed by atoms with van der Waals surface area (Å²) in [5, 5.41) is 8.63. The predicted octanol–water partition coefficient (Wildman–Crippen LogP) is 2.80. The van der Waals surface area contributed by atoms with Gasteiger partial charge in [-0.2, -0.15) is 5.26 Å². The number of nitrogens with zero attached hydrogens (tertiary/aromatic N) is 1. The van der Waals surface area contributed by atoms with Crippen molar-refractivity contribution in [1.29, 1.82) is 5.26 Å². The van der Waals surface area contributed by atoms with E-state index in [1.54, 1.807) is 6.07 Å². The molecular formula is C8H4BrF3N2O. The molecule has 0 aliphatic carbocycles. The van der Waals surface area contributed by atoms with Gasteiger partial charge in [-0.1, -0.05) is 0 Å². The smallest absolute Gasteiger partial charge is 0.404 e. The second kappa shape index (κ2) is 3.98. The molecule has 0 aromatic heterocycles. The lowest BCUT2D eigenvalue weighted by Gasteiger charge is -2.12. The minimum Gasteiger partial charge on any atom is -0.404 e. The average molecular weight is 281 g/mol. The van der Waals surface area contributed by atoms with Gasteiger partial charge in [-0.05, 0) is 28.1 Å². The number of rotatable bonds is 1. The van der Waals surface area contributed by atoms with Crippen LogP contribution < -0.4 is 10.5 Å². The fraction of sp³-hybridized carbons (Fsp3) is 0.125. The molecule has 0 atom stereocenters. The van der Waals surface area contributed by atoms with E-state index >= 15 is 0 Å². The lowest BCUT2D eigenvalue weighted by Crippen LogP contribution is -2.18. The Labute approximate surface area is 91.4 Å². The number of hydrogen-bond acceptors (Lipinski definition) is 3. The molecule has 0 heterocycles. The van der Waals surface area contributed by atoms with Gasteiger partial charge in [0.15, 0.2) is 5.75 Å². The van der Waals surface area contributed by atoms with Crippen LogP contribution >= 0.6 is 15.9 Å². The van der Waals surface area contributed by atoms with E-state index in [1.807, 2.05) is 0 Å². The molecule has 80 valence electrons. The Morgan fingerprint density at radius 1 is 1.40 bits per heavy atom. The van der Waals surface area contributed by atoms with Gasteiger partial charge in [-0.15, -0.1) is 13.2 Å². The normalized spacial score (nSPS) is 10.9. The highest BCUT2D eigenvalue weighted by molar-refractivity contribution is 9.10. The summed E-state index contributed by atoms with van der Waals surface area (Å²) in [5.74, 6) is -0.581. The lowest BCUT2D eigenvalue weighted by molar-refractivity contribution is -0.274. The zero-order valence-electron chi connectivity index (χ0n) is 7.10. The average Bonchev–Trinajstić information content (AvgIpc) is 2.09. The van der Waals surface area contributed by atoms with E-state index in [0.29, 0.717) is 4.47 Å². The lowest BCUT2D eigenvalue weighted by atomic mass is 10.2. The summed E-state index contributed by atoms with van der Waals surface area (Å²) in [4.78, 5) is 0. The maximum absolute atomic E-state index is 11.9. The van der Waals surface area contributed by atoms with E-state index in [2.05, 4.69) is 20.7 Å². The van der Waals surface area contributed by atoms with Crippen molar-refractivity contribution in [1.82, 2.24) is 0 Å². The van der Waals surface area contributed by atoms with Crippen molar-refractivity contribution in [3.63, 3.8) is 0 Å². The third-order valence-electron chi connectivity index (χ3n) is 1.49. The van der Waals surface area contributed by atoms with Crippen LogP contribution in [-0.2, 0) is 0 Å². The molecule has 0 unspecified atom stereocenters. The summed E-state index contributed by atoms with van der Waals surface area (Å²) < 4.78 is 39.6. The van der Waals surface area contributed by atoms with Gasteiger partial charge in [0.2, 0.25) is 0 Å². The summed E-state index contributed by atoms with van der Waals surface area (Å²) in [7, 11) is 0. The van der Waals surface area contributed by atoms with Crippen LogP contribution in [0.3, 0.4) is 0 Å². The third-order valence-corrected chi connectivity index (χ3v) is 2.15. The zero-order chi connectivity index (χ0) is 11.6. The molecule has 15 heavy (non-hydrogen) atoms. The molecule has 0 spiro atoms. The van der Waals surface area contributed by atoms with Crippen LogP contribution in [0.15, 0.2) is 16.6 Å². The quantitative estimate of drug-likeness (QED) is 0.805. The Morgan fingerprint density at radius 2 is 2.00 bits per heavy atom. The standard InChI is InChI=1S/C8H4BrF3N2O/c9-5-1-2-6(15-8(10,11)12)7(14)4(5)3-13/h1-2H,14H2. The number of nitriles is 1. The molecule has 1 aromatic carbocycles. The molecule has 0 saturated carbocycles. The van der Waals surface area contributed by atoms with Gasteiger partial charge < -0.3 is 10.5 Å². The first-order valence-electron chi connectivity index (χ1n) is 3.59. The van der Waals surface area contributed by atoms with Crippen molar-refractivity contribution in [2.75, 3.05) is 5.73 Å². The minimum atomic E-state index is -4.82. The molecule has 0 radical (unpaired) electrons. The van der Waals surface area contributed by atoms with E-state index in [0.717, 1.165) is 6.07 Å². The minimum absolute atomic E-state index is 0.0863. The molecular weight excluding hydrogens is 277 g/mol. The van der Waals surface area contributed by atoms with Gasteiger partial charge >= 0.3 is 6.36 Å². The first kappa shape index (κ1) is 11.7. The molecule has 0 aliphatic rings. The Morgan fingerprint density at radius 3 is 2.47 bits per heavy atom. The van der Waals surface area contributed by atoms with Crippen LogP contribution in [-0.4, -0.2) is 6.36 Å². The van der Waals surface area contributed by atoms with Crippen LogP contribution in [0.25, 0.3) is 0 Å². The zero-order valence-corrected chi connectivity index (χ0v) is 8.69. The highest BCUT2D eigenvalue weighted by Crippen LogP contribution is 2.34. The van der Waals surface area contributed by atoms with Crippen molar-refractivity contribution in [3.8, 4) is 11.8 Å². The van der Waals surface area contributed by atoms with Crippen LogP contribution in [0, 0.1) is 11.3 Å². The Balaban J connectivity index is 3.18. The highest BCUT2D eigenvalue weighted by Gasteiger charge is 2.32. The number of nitrogens with two attached hydrogens (primary N) is 1. The molecule has 2 N–H and O–H groups in total. The Kier molecular flexibility index (Phi) is 3.09. The maximum Gasteiger partial charge on any atom is 0.573 e. The second-order valence-corrected chi connectivity index (χ2v) is 3.35. The highest BCUT2D eigenvalue weighted by atomic mass is 79.9. The summed E-state index contributed by atoms with van der Waals surface area (Å²) in [6, 6.07) is 3.97. The van der Waals surface area contributed by atoms with Crippen molar-refractivity contribution in [2.24, 2.45) is 0 Å². The van der Waals surface area contributed by atoms with E-state index in [1.165, 1.54) is 6.07 Å². The number of halogens is 4. The molecule has 1 aromatic rings. The SMILES string of the molecule is N#Cc1c(Br)ccc(OC(F)(F)F)c1N. The number of benzene rings is 1. The van der Waals surface area contributed by atoms with Crippen LogP contribution in [0.5, 0.6) is 5.75 Å². The molecule has 7 heteroatoms. The summed E-state index contributed by atoms with van der Waals surface area (Å²) in [6.45, 7) is 0. The van der Waals surface area contributed by atoms with Gasteiger partial charge in [0.1, 0.15) is 6.07 Å².